The number of rotatable bonds is 10. The monoisotopic (exact) mass is 464 g/mol. The third kappa shape index (κ3) is 6.67. The molecule has 1 aliphatic rings. The molecule has 3 amide bonds. The summed E-state index contributed by atoms with van der Waals surface area (Å²) < 4.78 is 0. The maximum absolute atomic E-state index is 13.3. The number of para-hydroxylation sites is 1. The number of carbonyl (C=O) groups excluding carboxylic acids is 3. The van der Waals surface area contributed by atoms with Crippen molar-refractivity contribution in [1.29, 1.82) is 0 Å². The molecule has 7 nitrogen and oxygen atoms in total. The van der Waals surface area contributed by atoms with Gasteiger partial charge in [0.25, 0.3) is 0 Å². The summed E-state index contributed by atoms with van der Waals surface area (Å²) in [5, 5.41) is 0. The molecule has 7 heteroatoms. The van der Waals surface area contributed by atoms with Gasteiger partial charge in [-0.3, -0.25) is 19.3 Å². The number of primary amides is 1. The van der Waals surface area contributed by atoms with E-state index in [0.717, 1.165) is 12.1 Å². The molecule has 1 fully saturated rings. The molecule has 182 valence electrons. The van der Waals surface area contributed by atoms with E-state index in [2.05, 4.69) is 17.0 Å². The smallest absolute Gasteiger partial charge is 0.244 e. The summed E-state index contributed by atoms with van der Waals surface area (Å²) in [6.07, 6.45) is 1.00. The van der Waals surface area contributed by atoms with Crippen LogP contribution in [-0.4, -0.2) is 65.8 Å². The molecule has 0 radical (unpaired) electrons. The van der Waals surface area contributed by atoms with E-state index in [9.17, 15) is 14.4 Å². The Hall–Kier alpha value is -3.19. The Morgan fingerprint density at radius 2 is 1.68 bits per heavy atom. The topological polar surface area (TPSA) is 87.0 Å². The van der Waals surface area contributed by atoms with Gasteiger partial charge in [0.15, 0.2) is 0 Å². The fraction of sp³-hybridized carbons (Fsp3) is 0.444. The highest BCUT2D eigenvalue weighted by atomic mass is 16.2. The Labute approximate surface area is 202 Å². The number of nitrogens with two attached hydrogens (primary N) is 1. The average molecular weight is 465 g/mol. The third-order valence-electron chi connectivity index (χ3n) is 6.25. The minimum Gasteiger partial charge on any atom is -0.368 e. The zero-order valence-corrected chi connectivity index (χ0v) is 20.4. The number of anilines is 1. The molecule has 2 aromatic carbocycles. The third-order valence-corrected chi connectivity index (χ3v) is 6.25. The van der Waals surface area contributed by atoms with Crippen molar-refractivity contribution in [2.75, 3.05) is 31.1 Å². The quantitative estimate of drug-likeness (QED) is 0.586. The SMILES string of the molecule is CC(C)CN(CC(N)=O)C(=O)CC1CN(c2ccccc2)C(=O)C(C)N1CCc1ccccc1. The molecule has 2 atom stereocenters. The zero-order valence-electron chi connectivity index (χ0n) is 20.4. The second-order valence-electron chi connectivity index (χ2n) is 9.43. The Morgan fingerprint density at radius 3 is 2.26 bits per heavy atom. The highest BCUT2D eigenvalue weighted by Crippen LogP contribution is 2.26. The average Bonchev–Trinajstić information content (AvgIpc) is 2.81. The van der Waals surface area contributed by atoms with Crippen LogP contribution in [0.2, 0.25) is 0 Å². The van der Waals surface area contributed by atoms with Crippen LogP contribution in [0.15, 0.2) is 60.7 Å². The fourth-order valence-corrected chi connectivity index (χ4v) is 4.60. The van der Waals surface area contributed by atoms with Gasteiger partial charge in [-0.25, -0.2) is 0 Å². The predicted octanol–water partition coefficient (Wildman–Crippen LogP) is 2.70. The van der Waals surface area contributed by atoms with Crippen LogP contribution in [0.3, 0.4) is 0 Å². The van der Waals surface area contributed by atoms with Crippen LogP contribution < -0.4 is 10.6 Å². The lowest BCUT2D eigenvalue weighted by molar-refractivity contribution is -0.138. The van der Waals surface area contributed by atoms with E-state index in [4.69, 9.17) is 5.73 Å². The first-order valence-corrected chi connectivity index (χ1v) is 12.0. The number of benzene rings is 2. The molecule has 2 unspecified atom stereocenters. The minimum absolute atomic E-state index is 0.0270. The molecule has 0 aromatic heterocycles. The van der Waals surface area contributed by atoms with Gasteiger partial charge in [0.1, 0.15) is 0 Å². The molecule has 0 aliphatic carbocycles. The highest BCUT2D eigenvalue weighted by molar-refractivity contribution is 5.98. The van der Waals surface area contributed by atoms with Gasteiger partial charge in [0.05, 0.1) is 12.6 Å². The highest BCUT2D eigenvalue weighted by Gasteiger charge is 2.39. The summed E-state index contributed by atoms with van der Waals surface area (Å²) in [7, 11) is 0. The molecule has 3 rings (SSSR count). The Morgan fingerprint density at radius 1 is 1.06 bits per heavy atom. The van der Waals surface area contributed by atoms with E-state index in [1.165, 1.54) is 5.56 Å². The largest absolute Gasteiger partial charge is 0.368 e. The van der Waals surface area contributed by atoms with Gasteiger partial charge in [-0.2, -0.15) is 0 Å². The predicted molar refractivity (Wildman–Crippen MR) is 134 cm³/mol. The van der Waals surface area contributed by atoms with Crippen molar-refractivity contribution in [3.63, 3.8) is 0 Å². The fourth-order valence-electron chi connectivity index (χ4n) is 4.60. The van der Waals surface area contributed by atoms with E-state index in [1.807, 2.05) is 69.3 Å². The zero-order chi connectivity index (χ0) is 24.7. The van der Waals surface area contributed by atoms with Crippen molar-refractivity contribution >= 4 is 23.4 Å². The van der Waals surface area contributed by atoms with Gasteiger partial charge < -0.3 is 15.5 Å². The second kappa shape index (κ2) is 11.8. The molecule has 0 saturated carbocycles. The van der Waals surface area contributed by atoms with Crippen molar-refractivity contribution < 1.29 is 14.4 Å². The van der Waals surface area contributed by atoms with Crippen LogP contribution in [0.4, 0.5) is 5.69 Å². The van der Waals surface area contributed by atoms with E-state index < -0.39 is 5.91 Å². The molecule has 1 heterocycles. The van der Waals surface area contributed by atoms with Gasteiger partial charge in [0.2, 0.25) is 17.7 Å². The summed E-state index contributed by atoms with van der Waals surface area (Å²) in [5.74, 6) is -0.394. The van der Waals surface area contributed by atoms with Crippen LogP contribution in [0.25, 0.3) is 0 Å². The molecule has 34 heavy (non-hydrogen) atoms. The molecule has 1 aliphatic heterocycles. The van der Waals surface area contributed by atoms with Crippen LogP contribution in [0.5, 0.6) is 0 Å². The summed E-state index contributed by atoms with van der Waals surface area (Å²) >= 11 is 0. The van der Waals surface area contributed by atoms with Crippen LogP contribution in [0, 0.1) is 5.92 Å². The van der Waals surface area contributed by atoms with E-state index in [1.54, 1.807) is 9.80 Å². The first-order chi connectivity index (χ1) is 16.3. The van der Waals surface area contributed by atoms with Gasteiger partial charge in [-0.05, 0) is 37.0 Å². The maximum atomic E-state index is 13.3. The van der Waals surface area contributed by atoms with Crippen molar-refractivity contribution in [2.45, 2.75) is 45.7 Å². The Kier molecular flexibility index (Phi) is 8.82. The van der Waals surface area contributed by atoms with E-state index in [0.29, 0.717) is 19.6 Å². The minimum atomic E-state index is -0.520. The lowest BCUT2D eigenvalue weighted by atomic mass is 10.00. The van der Waals surface area contributed by atoms with Gasteiger partial charge >= 0.3 is 0 Å². The lowest BCUT2D eigenvalue weighted by Crippen LogP contribution is -2.62. The van der Waals surface area contributed by atoms with Crippen molar-refractivity contribution in [2.24, 2.45) is 11.7 Å². The Balaban J connectivity index is 1.84. The van der Waals surface area contributed by atoms with E-state index >= 15 is 0 Å². The van der Waals surface area contributed by atoms with Gasteiger partial charge in [0, 0.05) is 37.8 Å². The first kappa shape index (κ1) is 25.4. The molecule has 1 saturated heterocycles. The number of carbonyl (C=O) groups is 3. The maximum Gasteiger partial charge on any atom is 0.244 e. The summed E-state index contributed by atoms with van der Waals surface area (Å²) in [4.78, 5) is 43.7. The molecular formula is C27H36N4O3. The van der Waals surface area contributed by atoms with Crippen molar-refractivity contribution in [1.82, 2.24) is 9.80 Å². The number of piperazine rings is 1. The molecule has 0 spiro atoms. The molecular weight excluding hydrogens is 428 g/mol. The second-order valence-corrected chi connectivity index (χ2v) is 9.43. The van der Waals surface area contributed by atoms with Crippen LogP contribution in [0.1, 0.15) is 32.8 Å². The standard InChI is InChI=1S/C27H36N4O3/c1-20(2)17-29(19-25(28)32)26(33)16-24-18-31(23-12-8-5-9-13-23)27(34)21(3)30(24)15-14-22-10-6-4-7-11-22/h4-13,20-21,24H,14-19H2,1-3H3,(H2,28,32). The summed E-state index contributed by atoms with van der Waals surface area (Å²) in [6.45, 7) is 7.38. The first-order valence-electron chi connectivity index (χ1n) is 12.0. The van der Waals surface area contributed by atoms with Crippen LogP contribution >= 0.6 is 0 Å². The number of hydrogen-bond acceptors (Lipinski definition) is 4. The number of hydrogen-bond donors (Lipinski definition) is 1. The summed E-state index contributed by atoms with van der Waals surface area (Å²) in [6, 6.07) is 19.2. The van der Waals surface area contributed by atoms with Crippen molar-refractivity contribution in [3.05, 3.63) is 66.2 Å². The molecule has 2 N–H and O–H groups in total. The Bertz CT molecular complexity index is 964. The van der Waals surface area contributed by atoms with Crippen LogP contribution in [-0.2, 0) is 20.8 Å². The van der Waals surface area contributed by atoms with Gasteiger partial charge in [-0.15, -0.1) is 0 Å². The molecule has 2 aromatic rings. The van der Waals surface area contributed by atoms with E-state index in [-0.39, 0.29) is 42.8 Å². The van der Waals surface area contributed by atoms with Gasteiger partial charge in [-0.1, -0.05) is 62.4 Å². The van der Waals surface area contributed by atoms with Crippen molar-refractivity contribution in [3.8, 4) is 0 Å². The lowest BCUT2D eigenvalue weighted by Gasteiger charge is -2.45. The molecule has 0 bridgehead atoms. The normalized spacial score (nSPS) is 18.8. The number of amides is 3. The summed E-state index contributed by atoms with van der Waals surface area (Å²) in [5.41, 5.74) is 7.44. The number of nitrogens with zero attached hydrogens (tertiary/aromatic N) is 3.